The number of methoxy groups -OCH3 is 2. The maximum absolute atomic E-state index is 6.62. The van der Waals surface area contributed by atoms with Crippen LogP contribution in [0, 0.1) is 13.8 Å². The molecule has 2 rings (SSSR count). The van der Waals surface area contributed by atoms with Crippen molar-refractivity contribution in [2.75, 3.05) is 14.2 Å². The molecule has 0 heterocycles. The van der Waals surface area contributed by atoms with E-state index >= 15 is 0 Å². The van der Waals surface area contributed by atoms with Crippen LogP contribution in [0.4, 0.5) is 0 Å². The summed E-state index contributed by atoms with van der Waals surface area (Å²) < 4.78 is 10.6. The molecule has 0 fully saturated rings. The van der Waals surface area contributed by atoms with Gasteiger partial charge >= 0.3 is 0 Å². The Hall–Kier alpha value is -1.67. The van der Waals surface area contributed by atoms with Crippen molar-refractivity contribution in [2.24, 2.45) is 0 Å². The second-order valence-electron chi connectivity index (χ2n) is 5.22. The Morgan fingerprint density at radius 2 is 1.67 bits per heavy atom. The Bertz CT molecular complexity index is 623. The van der Waals surface area contributed by atoms with Crippen LogP contribution in [0.15, 0.2) is 36.4 Å². The fourth-order valence-corrected chi connectivity index (χ4v) is 2.84. The fourth-order valence-electron chi connectivity index (χ4n) is 2.42. The molecule has 0 radical (unpaired) electrons. The van der Waals surface area contributed by atoms with E-state index in [1.807, 2.05) is 18.2 Å². The lowest BCUT2D eigenvalue weighted by molar-refractivity contribution is 0.354. The van der Waals surface area contributed by atoms with Gasteiger partial charge < -0.3 is 9.47 Å². The van der Waals surface area contributed by atoms with Gasteiger partial charge in [-0.1, -0.05) is 29.8 Å². The van der Waals surface area contributed by atoms with Crippen LogP contribution in [0.3, 0.4) is 0 Å². The summed E-state index contributed by atoms with van der Waals surface area (Å²) in [5.74, 6) is 1.47. The Morgan fingerprint density at radius 1 is 0.952 bits per heavy atom. The predicted molar refractivity (Wildman–Crippen MR) is 87.8 cm³/mol. The second-order valence-corrected chi connectivity index (χ2v) is 5.75. The summed E-state index contributed by atoms with van der Waals surface area (Å²) in [5, 5.41) is -0.0528. The van der Waals surface area contributed by atoms with Gasteiger partial charge in [0.05, 0.1) is 19.6 Å². The van der Waals surface area contributed by atoms with Gasteiger partial charge in [-0.05, 0) is 49.1 Å². The summed E-state index contributed by atoms with van der Waals surface area (Å²) in [6, 6.07) is 12.3. The zero-order valence-corrected chi connectivity index (χ0v) is 13.7. The monoisotopic (exact) mass is 304 g/mol. The molecule has 3 heteroatoms. The molecule has 2 aromatic carbocycles. The lowest BCUT2D eigenvalue weighted by Crippen LogP contribution is -2.00. The summed E-state index contributed by atoms with van der Waals surface area (Å²) >= 11 is 6.62. The minimum atomic E-state index is -0.0528. The summed E-state index contributed by atoms with van der Waals surface area (Å²) in [5.41, 5.74) is 4.77. The van der Waals surface area contributed by atoms with Crippen LogP contribution in [0.2, 0.25) is 0 Å². The van der Waals surface area contributed by atoms with Crippen molar-refractivity contribution in [2.45, 2.75) is 25.6 Å². The van der Waals surface area contributed by atoms with Crippen molar-refractivity contribution < 1.29 is 9.47 Å². The van der Waals surface area contributed by atoms with Gasteiger partial charge in [0.2, 0.25) is 0 Å². The first kappa shape index (κ1) is 15.7. The zero-order chi connectivity index (χ0) is 15.4. The van der Waals surface area contributed by atoms with E-state index in [1.54, 1.807) is 14.2 Å². The molecule has 1 atom stereocenters. The second kappa shape index (κ2) is 6.86. The third-order valence-electron chi connectivity index (χ3n) is 3.64. The highest BCUT2D eigenvalue weighted by atomic mass is 35.5. The van der Waals surface area contributed by atoms with Gasteiger partial charge in [-0.25, -0.2) is 0 Å². The minimum absolute atomic E-state index is 0.0528. The predicted octanol–water partition coefficient (Wildman–Crippen LogP) is 4.84. The van der Waals surface area contributed by atoms with E-state index in [0.717, 1.165) is 23.5 Å². The lowest BCUT2D eigenvalue weighted by Gasteiger charge is -2.15. The number of rotatable bonds is 5. The van der Waals surface area contributed by atoms with Crippen LogP contribution in [-0.4, -0.2) is 14.2 Å². The molecule has 0 N–H and O–H groups in total. The number of aryl methyl sites for hydroxylation is 2. The van der Waals surface area contributed by atoms with E-state index in [-0.39, 0.29) is 5.38 Å². The van der Waals surface area contributed by atoms with E-state index < -0.39 is 0 Å². The first-order chi connectivity index (χ1) is 10.0. The van der Waals surface area contributed by atoms with Gasteiger partial charge in [-0.15, -0.1) is 11.6 Å². The van der Waals surface area contributed by atoms with E-state index in [9.17, 15) is 0 Å². The zero-order valence-electron chi connectivity index (χ0n) is 12.9. The Kier molecular flexibility index (Phi) is 5.13. The standard InChI is InChI=1S/C18H21ClO2/c1-12-5-6-13(2)15(9-12)16(19)10-14-7-8-17(20-3)18(11-14)21-4/h5-9,11,16H,10H2,1-4H3. The SMILES string of the molecule is COc1ccc(CC(Cl)c2cc(C)ccc2C)cc1OC. The molecule has 0 aliphatic carbocycles. The van der Waals surface area contributed by atoms with E-state index in [2.05, 4.69) is 32.0 Å². The average Bonchev–Trinajstić information content (AvgIpc) is 2.49. The van der Waals surface area contributed by atoms with E-state index in [4.69, 9.17) is 21.1 Å². The molecule has 0 aliphatic rings. The first-order valence-electron chi connectivity index (χ1n) is 6.97. The third kappa shape index (κ3) is 3.70. The van der Waals surface area contributed by atoms with Crippen LogP contribution < -0.4 is 9.47 Å². The van der Waals surface area contributed by atoms with E-state index in [1.165, 1.54) is 16.7 Å². The number of hydrogen-bond donors (Lipinski definition) is 0. The van der Waals surface area contributed by atoms with Crippen LogP contribution >= 0.6 is 11.6 Å². The summed E-state index contributed by atoms with van der Waals surface area (Å²) in [6.07, 6.45) is 0.756. The summed E-state index contributed by atoms with van der Waals surface area (Å²) in [6.45, 7) is 4.18. The molecular weight excluding hydrogens is 284 g/mol. The highest BCUT2D eigenvalue weighted by Gasteiger charge is 2.13. The number of ether oxygens (including phenoxy) is 2. The summed E-state index contributed by atoms with van der Waals surface area (Å²) in [4.78, 5) is 0. The molecule has 0 spiro atoms. The molecule has 0 amide bonds. The normalized spacial score (nSPS) is 12.0. The number of hydrogen-bond acceptors (Lipinski definition) is 2. The quantitative estimate of drug-likeness (QED) is 0.736. The van der Waals surface area contributed by atoms with Gasteiger partial charge in [-0.2, -0.15) is 0 Å². The highest BCUT2D eigenvalue weighted by molar-refractivity contribution is 6.21. The minimum Gasteiger partial charge on any atom is -0.493 e. The number of alkyl halides is 1. The largest absolute Gasteiger partial charge is 0.493 e. The lowest BCUT2D eigenvalue weighted by atomic mass is 9.98. The number of benzene rings is 2. The van der Waals surface area contributed by atoms with Gasteiger partial charge in [0.1, 0.15) is 0 Å². The van der Waals surface area contributed by atoms with Crippen molar-refractivity contribution in [3.05, 3.63) is 58.7 Å². The van der Waals surface area contributed by atoms with E-state index in [0.29, 0.717) is 0 Å². The van der Waals surface area contributed by atoms with Crippen molar-refractivity contribution >= 4 is 11.6 Å². The molecule has 2 aromatic rings. The summed E-state index contributed by atoms with van der Waals surface area (Å²) in [7, 11) is 3.28. The molecule has 21 heavy (non-hydrogen) atoms. The Balaban J connectivity index is 2.23. The number of halogens is 1. The van der Waals surface area contributed by atoms with Crippen molar-refractivity contribution in [3.8, 4) is 11.5 Å². The van der Waals surface area contributed by atoms with Crippen LogP contribution in [-0.2, 0) is 6.42 Å². The molecule has 0 saturated heterocycles. The molecule has 112 valence electrons. The van der Waals surface area contributed by atoms with Crippen LogP contribution in [0.1, 0.15) is 27.6 Å². The Labute approximate surface area is 131 Å². The Morgan fingerprint density at radius 3 is 2.33 bits per heavy atom. The van der Waals surface area contributed by atoms with Gasteiger partial charge in [-0.3, -0.25) is 0 Å². The molecule has 0 bridgehead atoms. The van der Waals surface area contributed by atoms with Gasteiger partial charge in [0, 0.05) is 0 Å². The average molecular weight is 305 g/mol. The van der Waals surface area contributed by atoms with Gasteiger partial charge in [0.25, 0.3) is 0 Å². The maximum Gasteiger partial charge on any atom is 0.160 e. The topological polar surface area (TPSA) is 18.5 Å². The maximum atomic E-state index is 6.62. The van der Waals surface area contributed by atoms with Crippen LogP contribution in [0.5, 0.6) is 11.5 Å². The first-order valence-corrected chi connectivity index (χ1v) is 7.41. The third-order valence-corrected chi connectivity index (χ3v) is 4.02. The molecule has 0 saturated carbocycles. The van der Waals surface area contributed by atoms with Gasteiger partial charge in [0.15, 0.2) is 11.5 Å². The molecular formula is C18H21ClO2. The van der Waals surface area contributed by atoms with Crippen molar-refractivity contribution in [1.82, 2.24) is 0 Å². The molecule has 0 aliphatic heterocycles. The smallest absolute Gasteiger partial charge is 0.160 e. The fraction of sp³-hybridized carbons (Fsp3) is 0.333. The molecule has 0 aromatic heterocycles. The molecule has 2 nitrogen and oxygen atoms in total. The van der Waals surface area contributed by atoms with Crippen molar-refractivity contribution in [3.63, 3.8) is 0 Å². The van der Waals surface area contributed by atoms with Crippen molar-refractivity contribution in [1.29, 1.82) is 0 Å². The van der Waals surface area contributed by atoms with Crippen LogP contribution in [0.25, 0.3) is 0 Å². The molecule has 1 unspecified atom stereocenters. The highest BCUT2D eigenvalue weighted by Crippen LogP contribution is 2.32.